The summed E-state index contributed by atoms with van der Waals surface area (Å²) in [6.07, 6.45) is -2.53. The molecule has 3 atom stereocenters. The molecule has 0 fully saturated rings. The number of ether oxygens (including phenoxy) is 6. The van der Waals surface area contributed by atoms with Crippen molar-refractivity contribution in [3.05, 3.63) is 59.2 Å². The zero-order valence-electron chi connectivity index (χ0n) is 22.5. The third-order valence-electron chi connectivity index (χ3n) is 6.51. The summed E-state index contributed by atoms with van der Waals surface area (Å²) in [6.45, 7) is 1.67. The van der Waals surface area contributed by atoms with Gasteiger partial charge in [0.2, 0.25) is 5.75 Å². The minimum atomic E-state index is -0.923. The fourth-order valence-electron chi connectivity index (χ4n) is 4.63. The molecule has 1 heterocycles. The maximum atomic E-state index is 12.8. The topological polar surface area (TPSA) is 153 Å². The number of phenols is 3. The van der Waals surface area contributed by atoms with Crippen molar-refractivity contribution in [1.82, 2.24) is 0 Å². The van der Waals surface area contributed by atoms with Gasteiger partial charge in [-0.1, -0.05) is 6.07 Å². The Bertz CT molecular complexity index is 1350. The third-order valence-corrected chi connectivity index (χ3v) is 6.51. The van der Waals surface area contributed by atoms with Crippen molar-refractivity contribution < 1.29 is 53.6 Å². The molecule has 0 aliphatic carbocycles. The van der Waals surface area contributed by atoms with Crippen molar-refractivity contribution in [2.45, 2.75) is 31.7 Å². The van der Waals surface area contributed by atoms with Gasteiger partial charge in [0.15, 0.2) is 34.9 Å². The van der Waals surface area contributed by atoms with E-state index in [-0.39, 0.29) is 63.8 Å². The van der Waals surface area contributed by atoms with Crippen molar-refractivity contribution in [2.75, 3.05) is 34.5 Å². The summed E-state index contributed by atoms with van der Waals surface area (Å²) in [6, 6.07) is 10.3. The molecule has 0 bridgehead atoms. The Morgan fingerprint density at radius 2 is 1.60 bits per heavy atom. The zero-order chi connectivity index (χ0) is 29.0. The van der Waals surface area contributed by atoms with Gasteiger partial charge in [0.25, 0.3) is 0 Å². The first-order valence-electron chi connectivity index (χ1n) is 12.5. The predicted molar refractivity (Wildman–Crippen MR) is 142 cm³/mol. The molecule has 4 rings (SSSR count). The summed E-state index contributed by atoms with van der Waals surface area (Å²) < 4.78 is 34.5. The van der Waals surface area contributed by atoms with Crippen molar-refractivity contribution in [3.8, 4) is 46.0 Å². The smallest absolute Gasteiger partial charge is 0.204 e. The van der Waals surface area contributed by atoms with E-state index in [4.69, 9.17) is 28.4 Å². The van der Waals surface area contributed by atoms with E-state index in [1.54, 1.807) is 31.2 Å². The Morgan fingerprint density at radius 3 is 2.20 bits per heavy atom. The van der Waals surface area contributed by atoms with Gasteiger partial charge in [-0.3, -0.25) is 4.79 Å². The first kappa shape index (κ1) is 28.7. The number of aliphatic hydroxyl groups excluding tert-OH is 1. The van der Waals surface area contributed by atoms with Crippen LogP contribution in [0.2, 0.25) is 0 Å². The van der Waals surface area contributed by atoms with Crippen LogP contribution in [0.4, 0.5) is 0 Å². The van der Waals surface area contributed by atoms with Crippen LogP contribution in [0.1, 0.15) is 47.0 Å². The number of methoxy groups -OCH3 is 3. The Labute approximate surface area is 231 Å². The number of ketones is 1. The van der Waals surface area contributed by atoms with E-state index in [1.807, 2.05) is 0 Å². The van der Waals surface area contributed by atoms with Gasteiger partial charge in [-0.2, -0.15) is 0 Å². The van der Waals surface area contributed by atoms with E-state index in [2.05, 4.69) is 0 Å². The van der Waals surface area contributed by atoms with Gasteiger partial charge >= 0.3 is 0 Å². The fourth-order valence-corrected chi connectivity index (χ4v) is 4.63. The van der Waals surface area contributed by atoms with E-state index in [9.17, 15) is 25.2 Å². The van der Waals surface area contributed by atoms with Crippen molar-refractivity contribution in [1.29, 1.82) is 0 Å². The van der Waals surface area contributed by atoms with Crippen molar-refractivity contribution in [2.24, 2.45) is 0 Å². The lowest BCUT2D eigenvalue weighted by Crippen LogP contribution is -2.31. The summed E-state index contributed by atoms with van der Waals surface area (Å²) >= 11 is 0. The number of carbonyl (C=O) groups is 1. The number of carbonyl (C=O) groups excluding carboxylic acids is 1. The Morgan fingerprint density at radius 1 is 0.925 bits per heavy atom. The molecule has 0 saturated carbocycles. The SMILES string of the molecule is CCOC(c1ccc(O)c(OC)c1)C(CO)Oc1c(OC)cc(C2CC(=O)c3c(O)cc(O)cc3O2)cc1OC. The third kappa shape index (κ3) is 5.65. The summed E-state index contributed by atoms with van der Waals surface area (Å²) in [5, 5.41) is 40.3. The van der Waals surface area contributed by atoms with Crippen LogP contribution in [0.15, 0.2) is 42.5 Å². The molecule has 0 amide bonds. The predicted octanol–water partition coefficient (Wildman–Crippen LogP) is 4.05. The van der Waals surface area contributed by atoms with Crippen LogP contribution in [0, 0.1) is 0 Å². The Kier molecular flexibility index (Phi) is 8.76. The number of aromatic hydroxyl groups is 3. The highest BCUT2D eigenvalue weighted by Gasteiger charge is 2.33. The van der Waals surface area contributed by atoms with Crippen LogP contribution < -0.4 is 23.7 Å². The van der Waals surface area contributed by atoms with Crippen LogP contribution in [-0.4, -0.2) is 66.9 Å². The van der Waals surface area contributed by atoms with Crippen LogP contribution in [0.3, 0.4) is 0 Å². The molecule has 11 nitrogen and oxygen atoms in total. The largest absolute Gasteiger partial charge is 0.508 e. The Balaban J connectivity index is 1.69. The second kappa shape index (κ2) is 12.2. The molecule has 214 valence electrons. The van der Waals surface area contributed by atoms with Gasteiger partial charge < -0.3 is 48.8 Å². The fraction of sp³-hybridized carbons (Fsp3) is 0.345. The normalized spacial score (nSPS) is 15.9. The van der Waals surface area contributed by atoms with E-state index in [0.717, 1.165) is 6.07 Å². The molecule has 4 N–H and O–H groups in total. The first-order chi connectivity index (χ1) is 19.2. The first-order valence-corrected chi connectivity index (χ1v) is 12.5. The molecule has 3 aromatic rings. The molecular formula is C29H32O11. The van der Waals surface area contributed by atoms with E-state index in [0.29, 0.717) is 17.7 Å². The lowest BCUT2D eigenvalue weighted by Gasteiger charge is -2.29. The highest BCUT2D eigenvalue weighted by Crippen LogP contribution is 2.46. The average Bonchev–Trinajstić information content (AvgIpc) is 2.94. The second-order valence-corrected chi connectivity index (χ2v) is 8.97. The van der Waals surface area contributed by atoms with Gasteiger partial charge in [0.1, 0.15) is 35.0 Å². The molecule has 11 heteroatoms. The number of hydrogen-bond donors (Lipinski definition) is 4. The quantitative estimate of drug-likeness (QED) is 0.270. The van der Waals surface area contributed by atoms with Gasteiger partial charge in [0.05, 0.1) is 34.4 Å². The maximum Gasteiger partial charge on any atom is 0.204 e. The minimum Gasteiger partial charge on any atom is -0.508 e. The summed E-state index contributed by atoms with van der Waals surface area (Å²) in [4.78, 5) is 12.8. The lowest BCUT2D eigenvalue weighted by atomic mass is 9.95. The average molecular weight is 557 g/mol. The molecule has 40 heavy (non-hydrogen) atoms. The van der Waals surface area contributed by atoms with Crippen LogP contribution >= 0.6 is 0 Å². The summed E-state index contributed by atoms with van der Waals surface area (Å²) in [5.41, 5.74) is 1.13. The maximum absolute atomic E-state index is 12.8. The van der Waals surface area contributed by atoms with E-state index < -0.39 is 24.9 Å². The number of rotatable bonds is 11. The Hall–Kier alpha value is -4.35. The van der Waals surface area contributed by atoms with Crippen LogP contribution in [0.25, 0.3) is 0 Å². The minimum absolute atomic E-state index is 0.00606. The molecular weight excluding hydrogens is 524 g/mol. The molecule has 3 unspecified atom stereocenters. The van der Waals surface area contributed by atoms with Crippen molar-refractivity contribution >= 4 is 5.78 Å². The van der Waals surface area contributed by atoms with E-state index in [1.165, 1.54) is 33.5 Å². The highest BCUT2D eigenvalue weighted by atomic mass is 16.6. The number of fused-ring (bicyclic) bond motifs is 1. The van der Waals surface area contributed by atoms with Crippen LogP contribution in [0.5, 0.6) is 46.0 Å². The number of phenolic OH excluding ortho intramolecular Hbond substituents is 3. The molecule has 0 spiro atoms. The molecule has 3 aromatic carbocycles. The molecule has 0 saturated heterocycles. The highest BCUT2D eigenvalue weighted by molar-refractivity contribution is 6.02. The van der Waals surface area contributed by atoms with Gasteiger partial charge in [-0.25, -0.2) is 0 Å². The number of hydrogen-bond acceptors (Lipinski definition) is 11. The van der Waals surface area contributed by atoms with Crippen LogP contribution in [-0.2, 0) is 4.74 Å². The zero-order valence-corrected chi connectivity index (χ0v) is 22.5. The summed E-state index contributed by atoms with van der Waals surface area (Å²) in [7, 11) is 4.30. The standard InChI is InChI=1S/C29H32O11/c1-5-38-28(15-6-7-18(32)22(8-15)35-2)26(14-30)40-29-24(36-3)9-16(10-25(29)37-4)21-13-20(34)27-19(33)11-17(31)12-23(27)39-21/h6-12,21,26,28,30-33H,5,13-14H2,1-4H3. The van der Waals surface area contributed by atoms with Crippen molar-refractivity contribution in [3.63, 3.8) is 0 Å². The monoisotopic (exact) mass is 556 g/mol. The molecule has 0 radical (unpaired) electrons. The second-order valence-electron chi connectivity index (χ2n) is 8.97. The van der Waals surface area contributed by atoms with Gasteiger partial charge in [0, 0.05) is 24.3 Å². The molecule has 1 aliphatic heterocycles. The summed E-state index contributed by atoms with van der Waals surface area (Å²) in [5.74, 6) is -0.0364. The number of Topliss-reactive ketones (excluding diaryl/α,β-unsaturated/α-hetero) is 1. The lowest BCUT2D eigenvalue weighted by molar-refractivity contribution is -0.0452. The van der Waals surface area contributed by atoms with Gasteiger partial charge in [-0.05, 0) is 36.8 Å². The molecule has 1 aliphatic rings. The van der Waals surface area contributed by atoms with Gasteiger partial charge in [-0.15, -0.1) is 0 Å². The van der Waals surface area contributed by atoms with E-state index >= 15 is 0 Å². The number of aliphatic hydroxyl groups is 1. The molecule has 0 aromatic heterocycles. The number of benzene rings is 3.